The second kappa shape index (κ2) is 7.79. The molecule has 4 heteroatoms. The van der Waals surface area contributed by atoms with Gasteiger partial charge in [0.05, 0.1) is 19.1 Å². The van der Waals surface area contributed by atoms with Crippen molar-refractivity contribution in [1.29, 1.82) is 0 Å². The third kappa shape index (κ3) is 4.83. The predicted molar refractivity (Wildman–Crippen MR) is 91.7 cm³/mol. The van der Waals surface area contributed by atoms with Gasteiger partial charge in [0.25, 0.3) is 0 Å². The average molecular weight is 313 g/mol. The fourth-order valence-corrected chi connectivity index (χ4v) is 2.30. The van der Waals surface area contributed by atoms with Gasteiger partial charge in [0.2, 0.25) is 5.91 Å². The Kier molecular flexibility index (Phi) is 5.77. The summed E-state index contributed by atoms with van der Waals surface area (Å²) in [6, 6.07) is 13.2. The van der Waals surface area contributed by atoms with Crippen LogP contribution in [0, 0.1) is 13.8 Å². The molecule has 0 bridgehead atoms. The topological polar surface area (TPSA) is 58.6 Å². The number of aliphatic hydroxyl groups is 1. The highest BCUT2D eigenvalue weighted by Crippen LogP contribution is 2.22. The molecule has 2 N–H and O–H groups in total. The molecule has 1 atom stereocenters. The molecule has 2 aromatic carbocycles. The Balaban J connectivity index is 1.90. The Morgan fingerprint density at radius 2 is 1.96 bits per heavy atom. The summed E-state index contributed by atoms with van der Waals surface area (Å²) >= 11 is 0. The Hall–Kier alpha value is -2.33. The smallest absolute Gasteiger partial charge is 0.227 e. The Labute approximate surface area is 137 Å². The highest BCUT2D eigenvalue weighted by molar-refractivity contribution is 5.91. The summed E-state index contributed by atoms with van der Waals surface area (Å²) in [7, 11) is 0. The molecule has 1 amide bonds. The van der Waals surface area contributed by atoms with E-state index in [0.717, 1.165) is 16.9 Å². The van der Waals surface area contributed by atoms with E-state index in [2.05, 4.69) is 5.32 Å². The van der Waals surface area contributed by atoms with Gasteiger partial charge in [0.15, 0.2) is 0 Å². The van der Waals surface area contributed by atoms with E-state index >= 15 is 0 Å². The van der Waals surface area contributed by atoms with E-state index < -0.39 is 6.10 Å². The number of para-hydroxylation sites is 1. The molecule has 0 saturated carbocycles. The van der Waals surface area contributed by atoms with Gasteiger partial charge in [0, 0.05) is 11.3 Å². The van der Waals surface area contributed by atoms with Crippen molar-refractivity contribution in [2.45, 2.75) is 33.3 Å². The summed E-state index contributed by atoms with van der Waals surface area (Å²) in [5.41, 5.74) is 3.52. The van der Waals surface area contributed by atoms with E-state index in [1.807, 2.05) is 44.2 Å². The molecule has 0 saturated heterocycles. The van der Waals surface area contributed by atoms with Gasteiger partial charge in [-0.2, -0.15) is 0 Å². The van der Waals surface area contributed by atoms with Gasteiger partial charge in [0.1, 0.15) is 5.75 Å². The molecule has 0 spiro atoms. The van der Waals surface area contributed by atoms with Crippen molar-refractivity contribution < 1.29 is 14.6 Å². The number of hydrogen-bond donors (Lipinski definition) is 2. The number of rotatable bonds is 6. The van der Waals surface area contributed by atoms with Crippen LogP contribution in [0.15, 0.2) is 42.5 Å². The highest BCUT2D eigenvalue weighted by atomic mass is 16.5. The summed E-state index contributed by atoms with van der Waals surface area (Å²) in [4.78, 5) is 12.1. The van der Waals surface area contributed by atoms with E-state index in [0.29, 0.717) is 17.9 Å². The van der Waals surface area contributed by atoms with Crippen LogP contribution >= 0.6 is 0 Å². The van der Waals surface area contributed by atoms with Gasteiger partial charge in [-0.05, 0) is 44.0 Å². The molecule has 0 heterocycles. The van der Waals surface area contributed by atoms with Crippen LogP contribution < -0.4 is 10.1 Å². The monoisotopic (exact) mass is 313 g/mol. The number of benzene rings is 2. The molecule has 1 unspecified atom stereocenters. The number of aliphatic hydroxyl groups excluding tert-OH is 1. The van der Waals surface area contributed by atoms with E-state index in [1.165, 1.54) is 0 Å². The maximum Gasteiger partial charge on any atom is 0.227 e. The van der Waals surface area contributed by atoms with E-state index in [-0.39, 0.29) is 12.3 Å². The molecule has 2 rings (SSSR count). The van der Waals surface area contributed by atoms with Gasteiger partial charge in [-0.3, -0.25) is 4.79 Å². The molecule has 23 heavy (non-hydrogen) atoms. The molecule has 0 aliphatic heterocycles. The van der Waals surface area contributed by atoms with Crippen LogP contribution in [0.3, 0.4) is 0 Å². The molecule has 4 nitrogen and oxygen atoms in total. The lowest BCUT2D eigenvalue weighted by Crippen LogP contribution is -2.16. The number of hydrogen-bond acceptors (Lipinski definition) is 3. The molecule has 122 valence electrons. The van der Waals surface area contributed by atoms with Crippen LogP contribution in [0.4, 0.5) is 5.69 Å². The van der Waals surface area contributed by atoms with Crippen LogP contribution in [0.25, 0.3) is 0 Å². The van der Waals surface area contributed by atoms with Crippen LogP contribution in [0.1, 0.15) is 36.1 Å². The van der Waals surface area contributed by atoms with Gasteiger partial charge < -0.3 is 15.2 Å². The van der Waals surface area contributed by atoms with Gasteiger partial charge >= 0.3 is 0 Å². The zero-order valence-corrected chi connectivity index (χ0v) is 13.8. The second-order valence-electron chi connectivity index (χ2n) is 5.68. The van der Waals surface area contributed by atoms with Gasteiger partial charge in [-0.1, -0.05) is 30.3 Å². The second-order valence-corrected chi connectivity index (χ2v) is 5.68. The normalized spacial score (nSPS) is 11.8. The summed E-state index contributed by atoms with van der Waals surface area (Å²) < 4.78 is 5.69. The number of amides is 1. The first-order valence-electron chi connectivity index (χ1n) is 7.74. The zero-order valence-electron chi connectivity index (χ0n) is 13.8. The van der Waals surface area contributed by atoms with Crippen LogP contribution in [-0.2, 0) is 4.79 Å². The molecule has 0 radical (unpaired) electrons. The van der Waals surface area contributed by atoms with Crippen molar-refractivity contribution >= 4 is 11.6 Å². The summed E-state index contributed by atoms with van der Waals surface area (Å²) in [5.74, 6) is 0.672. The first-order chi connectivity index (χ1) is 11.0. The van der Waals surface area contributed by atoms with Crippen molar-refractivity contribution in [3.63, 3.8) is 0 Å². The van der Waals surface area contributed by atoms with Crippen LogP contribution in [-0.4, -0.2) is 17.6 Å². The molecule has 0 aliphatic rings. The fraction of sp³-hybridized carbons (Fsp3) is 0.316. The lowest BCUT2D eigenvalue weighted by molar-refractivity contribution is -0.116. The first kappa shape index (κ1) is 17.0. The van der Waals surface area contributed by atoms with Crippen molar-refractivity contribution in [2.75, 3.05) is 11.9 Å². The number of carbonyl (C=O) groups excluding carboxylic acids is 1. The van der Waals surface area contributed by atoms with Crippen molar-refractivity contribution in [2.24, 2.45) is 0 Å². The lowest BCUT2D eigenvalue weighted by atomic mass is 10.1. The van der Waals surface area contributed by atoms with Gasteiger partial charge in [-0.15, -0.1) is 0 Å². The fourth-order valence-electron chi connectivity index (χ4n) is 2.30. The van der Waals surface area contributed by atoms with Crippen molar-refractivity contribution in [1.82, 2.24) is 0 Å². The number of aryl methyl sites for hydroxylation is 2. The molecule has 0 aromatic heterocycles. The predicted octanol–water partition coefficient (Wildman–Crippen LogP) is 3.76. The van der Waals surface area contributed by atoms with Crippen LogP contribution in [0.5, 0.6) is 5.75 Å². The standard InChI is InChI=1S/C19H23NO3/c1-13-8-9-14(2)18(12-13)23-11-10-19(22)20-17-7-5-4-6-16(17)15(3)21/h4-9,12,15,21H,10-11H2,1-3H3,(H,20,22). The summed E-state index contributed by atoms with van der Waals surface area (Å²) in [6.45, 7) is 5.97. The van der Waals surface area contributed by atoms with Gasteiger partial charge in [-0.25, -0.2) is 0 Å². The minimum absolute atomic E-state index is 0.136. The minimum atomic E-state index is -0.627. The maximum atomic E-state index is 12.1. The maximum absolute atomic E-state index is 12.1. The van der Waals surface area contributed by atoms with Crippen molar-refractivity contribution in [3.8, 4) is 5.75 Å². The number of nitrogens with one attached hydrogen (secondary N) is 1. The number of carbonyl (C=O) groups is 1. The molecular formula is C19H23NO3. The van der Waals surface area contributed by atoms with E-state index in [1.54, 1.807) is 19.1 Å². The summed E-state index contributed by atoms with van der Waals surface area (Å²) in [5, 5.41) is 12.5. The molecular weight excluding hydrogens is 290 g/mol. The van der Waals surface area contributed by atoms with Crippen LogP contribution in [0.2, 0.25) is 0 Å². The Bertz CT molecular complexity index is 680. The third-order valence-electron chi connectivity index (χ3n) is 3.62. The number of anilines is 1. The highest BCUT2D eigenvalue weighted by Gasteiger charge is 2.10. The lowest BCUT2D eigenvalue weighted by Gasteiger charge is -2.13. The quantitative estimate of drug-likeness (QED) is 0.853. The van der Waals surface area contributed by atoms with E-state index in [4.69, 9.17) is 4.74 Å². The Morgan fingerprint density at radius 3 is 2.70 bits per heavy atom. The first-order valence-corrected chi connectivity index (χ1v) is 7.74. The third-order valence-corrected chi connectivity index (χ3v) is 3.62. The van der Waals surface area contributed by atoms with Crippen molar-refractivity contribution in [3.05, 3.63) is 59.2 Å². The molecule has 2 aromatic rings. The summed E-state index contributed by atoms with van der Waals surface area (Å²) in [6.07, 6.45) is -0.376. The van der Waals surface area contributed by atoms with E-state index in [9.17, 15) is 9.90 Å². The largest absolute Gasteiger partial charge is 0.493 e. The molecule has 0 aliphatic carbocycles. The minimum Gasteiger partial charge on any atom is -0.493 e. The SMILES string of the molecule is Cc1ccc(C)c(OCCC(=O)Nc2ccccc2C(C)O)c1. The average Bonchev–Trinajstić information content (AvgIpc) is 2.51. The zero-order chi connectivity index (χ0) is 16.8. The Morgan fingerprint density at radius 1 is 1.22 bits per heavy atom. The number of ether oxygens (including phenoxy) is 1. The molecule has 0 fully saturated rings.